The van der Waals surface area contributed by atoms with Gasteiger partial charge in [0.1, 0.15) is 5.69 Å². The molecule has 2 aromatic rings. The minimum Gasteiger partial charge on any atom is -0.348 e. The van der Waals surface area contributed by atoms with E-state index in [4.69, 9.17) is 5.26 Å². The van der Waals surface area contributed by atoms with Gasteiger partial charge in [-0.15, -0.1) is 0 Å². The number of carbonyl (C=O) groups is 1. The fourth-order valence-electron chi connectivity index (χ4n) is 2.81. The van der Waals surface area contributed by atoms with Crippen LogP contribution in [0.2, 0.25) is 0 Å². The maximum atomic E-state index is 12.3. The van der Waals surface area contributed by atoms with Crippen molar-refractivity contribution in [3.8, 4) is 6.07 Å². The molecule has 0 aliphatic heterocycles. The average Bonchev–Trinajstić information content (AvgIpc) is 2.63. The molecule has 1 saturated carbocycles. The molecule has 24 heavy (non-hydrogen) atoms. The Morgan fingerprint density at radius 1 is 1.12 bits per heavy atom. The Labute approximate surface area is 140 Å². The van der Waals surface area contributed by atoms with Crippen LogP contribution in [0.25, 0.3) is 0 Å². The normalized spacial score (nSPS) is 14.6. The van der Waals surface area contributed by atoms with Crippen molar-refractivity contribution in [2.24, 2.45) is 0 Å². The van der Waals surface area contributed by atoms with E-state index in [0.29, 0.717) is 17.2 Å². The van der Waals surface area contributed by atoms with Crippen LogP contribution in [-0.4, -0.2) is 21.9 Å². The topological polar surface area (TPSA) is 90.7 Å². The Morgan fingerprint density at radius 3 is 2.58 bits per heavy atom. The van der Waals surface area contributed by atoms with E-state index in [2.05, 4.69) is 26.7 Å². The molecule has 0 radical (unpaired) electrons. The first-order valence-electron chi connectivity index (χ1n) is 8.16. The fraction of sp³-hybridized carbons (Fsp3) is 0.333. The molecule has 2 N–H and O–H groups in total. The van der Waals surface area contributed by atoms with Crippen molar-refractivity contribution < 1.29 is 4.79 Å². The molecule has 0 atom stereocenters. The van der Waals surface area contributed by atoms with Crippen molar-refractivity contribution in [3.63, 3.8) is 0 Å². The van der Waals surface area contributed by atoms with Crippen LogP contribution >= 0.6 is 0 Å². The number of benzene rings is 1. The van der Waals surface area contributed by atoms with Gasteiger partial charge in [0.25, 0.3) is 5.91 Å². The smallest absolute Gasteiger partial charge is 0.270 e. The summed E-state index contributed by atoms with van der Waals surface area (Å²) in [5.41, 5.74) is 1.70. The van der Waals surface area contributed by atoms with Crippen LogP contribution < -0.4 is 10.6 Å². The number of nitrogens with zero attached hydrogens (tertiary/aromatic N) is 3. The third kappa shape index (κ3) is 4.07. The molecule has 0 unspecified atom stereocenters. The predicted octanol–water partition coefficient (Wildman–Crippen LogP) is 3.15. The van der Waals surface area contributed by atoms with Gasteiger partial charge in [-0.2, -0.15) is 5.26 Å². The van der Waals surface area contributed by atoms with Crippen LogP contribution in [0.3, 0.4) is 0 Å². The Morgan fingerprint density at radius 2 is 1.88 bits per heavy atom. The van der Waals surface area contributed by atoms with Crippen molar-refractivity contribution >= 4 is 17.5 Å². The number of hydrogen-bond acceptors (Lipinski definition) is 5. The monoisotopic (exact) mass is 321 g/mol. The third-order valence-corrected chi connectivity index (χ3v) is 4.10. The minimum absolute atomic E-state index is 0.160. The number of carbonyl (C=O) groups excluding carboxylic acids is 1. The van der Waals surface area contributed by atoms with Gasteiger partial charge < -0.3 is 10.6 Å². The lowest BCUT2D eigenvalue weighted by molar-refractivity contribution is 0.0922. The van der Waals surface area contributed by atoms with Gasteiger partial charge in [-0.3, -0.25) is 4.79 Å². The third-order valence-electron chi connectivity index (χ3n) is 4.10. The highest BCUT2D eigenvalue weighted by atomic mass is 16.1. The van der Waals surface area contributed by atoms with E-state index in [9.17, 15) is 4.79 Å². The second-order valence-corrected chi connectivity index (χ2v) is 5.89. The molecular weight excluding hydrogens is 302 g/mol. The Hall–Kier alpha value is -2.94. The molecule has 6 heteroatoms. The zero-order valence-electron chi connectivity index (χ0n) is 13.3. The van der Waals surface area contributed by atoms with E-state index >= 15 is 0 Å². The Bertz CT molecular complexity index is 745. The SMILES string of the molecule is N#Cc1ccc(Nc2nccc(C(=O)NC3CCCCC3)n2)cc1. The van der Waals surface area contributed by atoms with Gasteiger partial charge in [-0.05, 0) is 43.2 Å². The highest BCUT2D eigenvalue weighted by Crippen LogP contribution is 2.18. The number of amides is 1. The molecule has 1 aliphatic rings. The first-order chi connectivity index (χ1) is 11.7. The summed E-state index contributed by atoms with van der Waals surface area (Å²) in [5, 5.41) is 14.9. The van der Waals surface area contributed by atoms with Crippen LogP contribution in [0.5, 0.6) is 0 Å². The first-order valence-corrected chi connectivity index (χ1v) is 8.16. The van der Waals surface area contributed by atoms with Gasteiger partial charge in [0.05, 0.1) is 11.6 Å². The molecule has 1 fully saturated rings. The van der Waals surface area contributed by atoms with Gasteiger partial charge in [-0.1, -0.05) is 19.3 Å². The summed E-state index contributed by atoms with van der Waals surface area (Å²) < 4.78 is 0. The predicted molar refractivity (Wildman–Crippen MR) is 90.8 cm³/mol. The molecule has 0 saturated heterocycles. The number of aromatic nitrogens is 2. The van der Waals surface area contributed by atoms with Crippen molar-refractivity contribution in [3.05, 3.63) is 47.8 Å². The highest BCUT2D eigenvalue weighted by Gasteiger charge is 2.17. The molecule has 3 rings (SSSR count). The lowest BCUT2D eigenvalue weighted by Crippen LogP contribution is -2.36. The van der Waals surface area contributed by atoms with Crippen molar-refractivity contribution in [2.75, 3.05) is 5.32 Å². The first kappa shape index (κ1) is 15.9. The second-order valence-electron chi connectivity index (χ2n) is 5.89. The summed E-state index contributed by atoms with van der Waals surface area (Å²) in [6.45, 7) is 0. The molecule has 0 bridgehead atoms. The molecule has 1 amide bonds. The average molecular weight is 321 g/mol. The second kappa shape index (κ2) is 7.55. The fourth-order valence-corrected chi connectivity index (χ4v) is 2.81. The molecule has 1 aromatic carbocycles. The summed E-state index contributed by atoms with van der Waals surface area (Å²) in [7, 11) is 0. The van der Waals surface area contributed by atoms with Gasteiger partial charge in [-0.25, -0.2) is 9.97 Å². The van der Waals surface area contributed by atoms with E-state index in [1.165, 1.54) is 19.3 Å². The van der Waals surface area contributed by atoms with Crippen molar-refractivity contribution in [1.82, 2.24) is 15.3 Å². The lowest BCUT2D eigenvalue weighted by atomic mass is 9.95. The van der Waals surface area contributed by atoms with Gasteiger partial charge >= 0.3 is 0 Å². The Kier molecular flexibility index (Phi) is 5.02. The number of hydrogen-bond donors (Lipinski definition) is 2. The van der Waals surface area contributed by atoms with E-state index in [-0.39, 0.29) is 11.9 Å². The summed E-state index contributed by atoms with van der Waals surface area (Å²) in [4.78, 5) is 20.8. The molecule has 1 heterocycles. The van der Waals surface area contributed by atoms with E-state index in [1.54, 1.807) is 36.5 Å². The number of nitriles is 1. The maximum absolute atomic E-state index is 12.3. The summed E-state index contributed by atoms with van der Waals surface area (Å²) >= 11 is 0. The largest absolute Gasteiger partial charge is 0.348 e. The van der Waals surface area contributed by atoms with Crippen molar-refractivity contribution in [2.45, 2.75) is 38.1 Å². The quantitative estimate of drug-likeness (QED) is 0.902. The van der Waals surface area contributed by atoms with Crippen LogP contribution in [0.1, 0.15) is 48.2 Å². The molecule has 6 nitrogen and oxygen atoms in total. The molecule has 0 spiro atoms. The zero-order chi connectivity index (χ0) is 16.8. The summed E-state index contributed by atoms with van der Waals surface area (Å²) in [6.07, 6.45) is 7.22. The minimum atomic E-state index is -0.160. The Balaban J connectivity index is 1.66. The van der Waals surface area contributed by atoms with Gasteiger partial charge in [0.2, 0.25) is 5.95 Å². The lowest BCUT2D eigenvalue weighted by Gasteiger charge is -2.22. The van der Waals surface area contributed by atoms with E-state index in [1.807, 2.05) is 0 Å². The molecule has 1 aliphatic carbocycles. The van der Waals surface area contributed by atoms with Crippen molar-refractivity contribution in [1.29, 1.82) is 5.26 Å². The summed E-state index contributed by atoms with van der Waals surface area (Å²) in [6, 6.07) is 10.9. The summed E-state index contributed by atoms with van der Waals surface area (Å²) in [5.74, 6) is 0.197. The molecule has 1 aromatic heterocycles. The number of anilines is 2. The maximum Gasteiger partial charge on any atom is 0.270 e. The van der Waals surface area contributed by atoms with Crippen LogP contribution in [-0.2, 0) is 0 Å². The number of rotatable bonds is 4. The van der Waals surface area contributed by atoms with Crippen LogP contribution in [0.15, 0.2) is 36.5 Å². The van der Waals surface area contributed by atoms with E-state index < -0.39 is 0 Å². The van der Waals surface area contributed by atoms with E-state index in [0.717, 1.165) is 18.5 Å². The van der Waals surface area contributed by atoms with Crippen LogP contribution in [0, 0.1) is 11.3 Å². The standard InChI is InChI=1S/C18H19N5O/c19-12-13-6-8-15(9-7-13)22-18-20-11-10-16(23-18)17(24)21-14-4-2-1-3-5-14/h6-11,14H,1-5H2,(H,21,24)(H,20,22,23). The number of nitrogens with one attached hydrogen (secondary N) is 2. The highest BCUT2D eigenvalue weighted by molar-refractivity contribution is 5.92. The van der Waals surface area contributed by atoms with Crippen LogP contribution in [0.4, 0.5) is 11.6 Å². The van der Waals surface area contributed by atoms with Gasteiger partial charge in [0, 0.05) is 17.9 Å². The van der Waals surface area contributed by atoms with Gasteiger partial charge in [0.15, 0.2) is 0 Å². The zero-order valence-corrected chi connectivity index (χ0v) is 13.3. The molecular formula is C18H19N5O. The molecule has 122 valence electrons.